The molecule has 1 atom stereocenters. The van der Waals surface area contributed by atoms with Crippen LogP contribution in [0.15, 0.2) is 0 Å². The van der Waals surface area contributed by atoms with Gasteiger partial charge in [-0.2, -0.15) is 0 Å². The van der Waals surface area contributed by atoms with Crippen LogP contribution >= 0.6 is 0 Å². The summed E-state index contributed by atoms with van der Waals surface area (Å²) >= 11 is 0. The van der Waals surface area contributed by atoms with E-state index in [1.54, 1.807) is 0 Å². The maximum absolute atomic E-state index is 9.52. The van der Waals surface area contributed by atoms with Gasteiger partial charge >= 0.3 is 0 Å². The smallest absolute Gasteiger partial charge is 0.0500 e. The van der Waals surface area contributed by atoms with Crippen molar-refractivity contribution in [2.45, 2.75) is 54.5 Å². The molecule has 0 radical (unpaired) electrons. The van der Waals surface area contributed by atoms with Crippen molar-refractivity contribution < 1.29 is 5.11 Å². The summed E-state index contributed by atoms with van der Waals surface area (Å²) in [5.74, 6) is 0. The third-order valence-electron chi connectivity index (χ3n) is 4.62. The Labute approximate surface area is 111 Å². The van der Waals surface area contributed by atoms with Crippen LogP contribution in [0.5, 0.6) is 0 Å². The van der Waals surface area contributed by atoms with Crippen molar-refractivity contribution in [3.8, 4) is 0 Å². The average molecular weight is 249 g/mol. The van der Waals surface area contributed by atoms with Gasteiger partial charge in [0.2, 0.25) is 0 Å². The minimum absolute atomic E-state index is 0.0962. The monoisotopic (exact) mass is 249 g/mol. The molecule has 3 N–H and O–H groups in total. The van der Waals surface area contributed by atoms with Gasteiger partial charge in [-0.25, -0.2) is 0 Å². The second-order valence-electron chi connectivity index (χ2n) is 6.16. The molecule has 0 fully saturated rings. The Morgan fingerprint density at radius 1 is 0.889 bits per heavy atom. The molecule has 0 saturated carbocycles. The van der Waals surface area contributed by atoms with E-state index in [0.717, 1.165) is 0 Å². The number of hydrogen-bond acceptors (Lipinski definition) is 2. The molecule has 0 amide bonds. The lowest BCUT2D eigenvalue weighted by molar-refractivity contribution is 0.131. The highest BCUT2D eigenvalue weighted by molar-refractivity contribution is 5.51. The average Bonchev–Trinajstić information content (AvgIpc) is 2.34. The molecule has 0 aliphatic rings. The van der Waals surface area contributed by atoms with Crippen molar-refractivity contribution in [1.82, 2.24) is 0 Å². The predicted octanol–water partition coefficient (Wildman–Crippen LogP) is 3.25. The lowest BCUT2D eigenvalue weighted by Gasteiger charge is -2.33. The molecular weight excluding hydrogens is 222 g/mol. The molecule has 1 aromatic rings. The van der Waals surface area contributed by atoms with Gasteiger partial charge in [-0.1, -0.05) is 13.8 Å². The van der Waals surface area contributed by atoms with Crippen LogP contribution in [0.1, 0.15) is 53.3 Å². The minimum atomic E-state index is -0.302. The number of rotatable bonds is 3. The molecule has 102 valence electrons. The Hall–Kier alpha value is -0.860. The van der Waals surface area contributed by atoms with Crippen LogP contribution in [0.2, 0.25) is 0 Å². The summed E-state index contributed by atoms with van der Waals surface area (Å²) in [6.45, 7) is 14.9. The molecule has 1 rings (SSSR count). The Morgan fingerprint density at radius 3 is 1.56 bits per heavy atom. The van der Waals surface area contributed by atoms with Gasteiger partial charge in [-0.3, -0.25) is 0 Å². The maximum Gasteiger partial charge on any atom is 0.0500 e. The lowest BCUT2D eigenvalue weighted by Crippen LogP contribution is -2.34. The molecule has 0 bridgehead atoms. The topological polar surface area (TPSA) is 46.2 Å². The van der Waals surface area contributed by atoms with E-state index in [9.17, 15) is 5.11 Å². The van der Waals surface area contributed by atoms with Crippen molar-refractivity contribution in [3.05, 3.63) is 33.4 Å². The fourth-order valence-corrected chi connectivity index (χ4v) is 2.48. The first-order valence-electron chi connectivity index (χ1n) is 6.58. The third kappa shape index (κ3) is 2.32. The fraction of sp³-hybridized carbons (Fsp3) is 0.625. The van der Waals surface area contributed by atoms with Crippen LogP contribution in [-0.2, 0) is 0 Å². The van der Waals surface area contributed by atoms with Crippen molar-refractivity contribution in [2.75, 3.05) is 6.61 Å². The normalized spacial score (nSPS) is 13.8. The van der Waals surface area contributed by atoms with Gasteiger partial charge in [0.25, 0.3) is 0 Å². The van der Waals surface area contributed by atoms with Gasteiger partial charge in [0.05, 0.1) is 0 Å². The molecule has 0 saturated heterocycles. The van der Waals surface area contributed by atoms with E-state index >= 15 is 0 Å². The summed E-state index contributed by atoms with van der Waals surface area (Å²) in [7, 11) is 0. The maximum atomic E-state index is 9.52. The number of aliphatic hydroxyl groups is 1. The van der Waals surface area contributed by atoms with Gasteiger partial charge in [-0.15, -0.1) is 0 Å². The highest BCUT2D eigenvalue weighted by Gasteiger charge is 2.30. The zero-order chi connectivity index (χ0) is 14.2. The van der Waals surface area contributed by atoms with E-state index in [2.05, 4.69) is 34.6 Å². The van der Waals surface area contributed by atoms with E-state index in [-0.39, 0.29) is 18.1 Å². The van der Waals surface area contributed by atoms with Gasteiger partial charge in [0, 0.05) is 18.1 Å². The Bertz CT molecular complexity index is 432. The summed E-state index contributed by atoms with van der Waals surface area (Å²) in [4.78, 5) is 0. The highest BCUT2D eigenvalue weighted by atomic mass is 16.3. The quantitative estimate of drug-likeness (QED) is 0.864. The first kappa shape index (κ1) is 15.2. The first-order chi connectivity index (χ1) is 8.15. The summed E-state index contributed by atoms with van der Waals surface area (Å²) in [5.41, 5.74) is 13.8. The Kier molecular flexibility index (Phi) is 4.24. The molecule has 0 aromatic heterocycles. The van der Waals surface area contributed by atoms with E-state index in [1.807, 2.05) is 13.8 Å². The van der Waals surface area contributed by atoms with E-state index in [0.29, 0.717) is 0 Å². The van der Waals surface area contributed by atoms with Crippen molar-refractivity contribution in [3.63, 3.8) is 0 Å². The summed E-state index contributed by atoms with van der Waals surface area (Å²) in [6.07, 6.45) is 0. The molecule has 0 spiro atoms. The van der Waals surface area contributed by atoms with E-state index in [1.165, 1.54) is 33.4 Å². The van der Waals surface area contributed by atoms with Crippen molar-refractivity contribution >= 4 is 0 Å². The van der Waals surface area contributed by atoms with Crippen molar-refractivity contribution in [1.29, 1.82) is 0 Å². The van der Waals surface area contributed by atoms with Crippen LogP contribution in [0.25, 0.3) is 0 Å². The lowest BCUT2D eigenvalue weighted by atomic mass is 9.76. The second-order valence-corrected chi connectivity index (χ2v) is 6.16. The fourth-order valence-electron chi connectivity index (χ4n) is 2.48. The third-order valence-corrected chi connectivity index (χ3v) is 4.62. The van der Waals surface area contributed by atoms with Crippen LogP contribution in [0.4, 0.5) is 0 Å². The first-order valence-corrected chi connectivity index (χ1v) is 6.58. The molecule has 2 nitrogen and oxygen atoms in total. The van der Waals surface area contributed by atoms with Gasteiger partial charge in [-0.05, 0) is 68.0 Å². The zero-order valence-corrected chi connectivity index (χ0v) is 12.8. The SMILES string of the molecule is Cc1c(C)c(C)c([C@H](N)C(C)(C)CO)c(C)c1C. The summed E-state index contributed by atoms with van der Waals surface area (Å²) in [5, 5.41) is 9.52. The van der Waals surface area contributed by atoms with E-state index in [4.69, 9.17) is 5.73 Å². The largest absolute Gasteiger partial charge is 0.396 e. The van der Waals surface area contributed by atoms with Crippen LogP contribution in [-0.4, -0.2) is 11.7 Å². The van der Waals surface area contributed by atoms with Gasteiger partial charge in [0.15, 0.2) is 0 Å². The molecule has 1 aromatic carbocycles. The second kappa shape index (κ2) is 5.02. The number of aliphatic hydroxyl groups excluding tert-OH is 1. The van der Waals surface area contributed by atoms with Gasteiger partial charge < -0.3 is 10.8 Å². The molecule has 0 unspecified atom stereocenters. The summed E-state index contributed by atoms with van der Waals surface area (Å²) in [6, 6.07) is -0.138. The van der Waals surface area contributed by atoms with Gasteiger partial charge in [0.1, 0.15) is 0 Å². The Balaban J connectivity index is 3.52. The number of nitrogens with two attached hydrogens (primary N) is 1. The molecule has 2 heteroatoms. The molecule has 0 aliphatic carbocycles. The van der Waals surface area contributed by atoms with E-state index < -0.39 is 0 Å². The van der Waals surface area contributed by atoms with Crippen LogP contribution < -0.4 is 5.73 Å². The minimum Gasteiger partial charge on any atom is -0.396 e. The zero-order valence-electron chi connectivity index (χ0n) is 12.8. The number of benzene rings is 1. The van der Waals surface area contributed by atoms with Crippen LogP contribution in [0.3, 0.4) is 0 Å². The van der Waals surface area contributed by atoms with Crippen LogP contribution in [0, 0.1) is 40.0 Å². The molecule has 18 heavy (non-hydrogen) atoms. The Morgan fingerprint density at radius 2 is 1.22 bits per heavy atom. The molecular formula is C16H27NO. The standard InChI is InChI=1S/C16H27NO/c1-9-10(2)12(4)14(13(5)11(9)3)15(17)16(6,7)8-18/h15,18H,8,17H2,1-7H3/t15-/m0/s1. The number of hydrogen-bond donors (Lipinski definition) is 2. The highest BCUT2D eigenvalue weighted by Crippen LogP contribution is 2.37. The predicted molar refractivity (Wildman–Crippen MR) is 77.9 cm³/mol. The van der Waals surface area contributed by atoms with Crippen molar-refractivity contribution in [2.24, 2.45) is 11.1 Å². The summed E-state index contributed by atoms with van der Waals surface area (Å²) < 4.78 is 0. The molecule has 0 aliphatic heterocycles. The molecule has 0 heterocycles.